The van der Waals surface area contributed by atoms with Crippen molar-refractivity contribution in [1.29, 1.82) is 10.8 Å². The monoisotopic (exact) mass is 566 g/mol. The fourth-order valence-electron chi connectivity index (χ4n) is 4.54. The van der Waals surface area contributed by atoms with Crippen LogP contribution >= 0.6 is 11.3 Å². The minimum Gasteiger partial charge on any atom is -0.405 e. The van der Waals surface area contributed by atoms with Gasteiger partial charge in [0.1, 0.15) is 10.0 Å². The molecule has 4 N–H and O–H groups in total. The summed E-state index contributed by atoms with van der Waals surface area (Å²) in [5.74, 6) is -0.768. The molecule has 1 amide bonds. The second-order valence-corrected chi connectivity index (χ2v) is 10.2. The number of carbonyl (C=O) groups excluding carboxylic acids is 1. The van der Waals surface area contributed by atoms with Crippen molar-refractivity contribution < 1.29 is 14.3 Å². The summed E-state index contributed by atoms with van der Waals surface area (Å²) in [7, 11) is 0. The Labute approximate surface area is 239 Å². The Morgan fingerprint density at radius 3 is 2.51 bits per heavy atom. The maximum absolute atomic E-state index is 13.1. The molecule has 4 aromatic rings. The Balaban J connectivity index is 1.25. The Bertz CT molecular complexity index is 1620. The van der Waals surface area contributed by atoms with Crippen LogP contribution in [-0.4, -0.2) is 66.0 Å². The van der Waals surface area contributed by atoms with Crippen LogP contribution in [-0.2, 0) is 14.3 Å². The molecule has 2 aromatic carbocycles. The van der Waals surface area contributed by atoms with Crippen molar-refractivity contribution in [1.82, 2.24) is 15.3 Å². The van der Waals surface area contributed by atoms with Gasteiger partial charge in [0.05, 0.1) is 24.6 Å². The highest BCUT2D eigenvalue weighted by molar-refractivity contribution is 7.19. The molecular formula is C29H26N8O3S. The molecule has 41 heavy (non-hydrogen) atoms. The summed E-state index contributed by atoms with van der Waals surface area (Å²) < 4.78 is 11.1. The lowest BCUT2D eigenvalue weighted by Crippen LogP contribution is -2.43. The van der Waals surface area contributed by atoms with Crippen LogP contribution < -0.4 is 15.5 Å². The molecule has 2 aliphatic rings. The Hall–Kier alpha value is -4.94. The second-order valence-electron chi connectivity index (χ2n) is 9.19. The van der Waals surface area contributed by atoms with Gasteiger partial charge in [0.15, 0.2) is 5.69 Å². The molecular weight excluding hydrogens is 540 g/mol. The molecule has 11 nitrogen and oxygen atoms in total. The molecule has 1 atom stereocenters. The van der Waals surface area contributed by atoms with E-state index in [2.05, 4.69) is 25.5 Å². The summed E-state index contributed by atoms with van der Waals surface area (Å²) in [4.78, 5) is 28.7. The number of aromatic nitrogens is 2. The summed E-state index contributed by atoms with van der Waals surface area (Å²) >= 11 is 1.44. The quantitative estimate of drug-likeness (QED) is 0.212. The van der Waals surface area contributed by atoms with Crippen molar-refractivity contribution >= 4 is 45.6 Å². The highest BCUT2D eigenvalue weighted by Gasteiger charge is 2.29. The van der Waals surface area contributed by atoms with Crippen LogP contribution in [0.25, 0.3) is 10.6 Å². The number of nitrogens with one attached hydrogen (secondary N) is 4. The number of thiazole rings is 1. The Kier molecular flexibility index (Phi) is 7.48. The Morgan fingerprint density at radius 1 is 1.00 bits per heavy atom. The summed E-state index contributed by atoms with van der Waals surface area (Å²) in [6, 6.07) is 20.1. The lowest BCUT2D eigenvalue weighted by molar-refractivity contribution is -0.117. The average molecular weight is 567 g/mol. The van der Waals surface area contributed by atoms with Gasteiger partial charge in [0, 0.05) is 42.2 Å². The van der Waals surface area contributed by atoms with Crippen molar-refractivity contribution in [2.75, 3.05) is 36.5 Å². The fourth-order valence-corrected chi connectivity index (χ4v) is 5.66. The van der Waals surface area contributed by atoms with Gasteiger partial charge in [0.2, 0.25) is 12.1 Å². The maximum Gasteiger partial charge on any atom is 0.290 e. The number of nitrogens with zero attached hydrogens (tertiary/aromatic N) is 4. The molecule has 4 heterocycles. The fraction of sp³-hybridized carbons (Fsp3) is 0.172. The standard InChI is InChI=1S/C29H26N8O3S/c30-24(23-28(37-14-16-39-17-15-37)41-27(35-23)19-10-12-32-13-11-19)40-29(31)36-25-26(38)33-21-9-5-4-8-20(21)22(34-25)18-6-2-1-3-7-18/h1-13,25,30H,14-17H2,(H2,31,36)(H,33,38)/t25-/m1/s1. The third-order valence-corrected chi connectivity index (χ3v) is 7.68. The molecule has 0 radical (unpaired) electrons. The van der Waals surface area contributed by atoms with Gasteiger partial charge < -0.3 is 25.0 Å². The third-order valence-electron chi connectivity index (χ3n) is 6.52. The highest BCUT2D eigenvalue weighted by Crippen LogP contribution is 2.35. The first-order valence-electron chi connectivity index (χ1n) is 13.0. The summed E-state index contributed by atoms with van der Waals surface area (Å²) in [5.41, 5.74) is 3.97. The minimum absolute atomic E-state index is 0.307. The van der Waals surface area contributed by atoms with E-state index in [9.17, 15) is 4.79 Å². The van der Waals surface area contributed by atoms with E-state index in [0.29, 0.717) is 48.4 Å². The first kappa shape index (κ1) is 26.3. The van der Waals surface area contributed by atoms with Crippen LogP contribution in [0.2, 0.25) is 0 Å². The maximum atomic E-state index is 13.1. The topological polar surface area (TPSA) is 149 Å². The van der Waals surface area contributed by atoms with E-state index in [0.717, 1.165) is 21.7 Å². The number of benzene rings is 2. The highest BCUT2D eigenvalue weighted by atomic mass is 32.1. The van der Waals surface area contributed by atoms with E-state index in [1.807, 2.05) is 60.7 Å². The van der Waals surface area contributed by atoms with E-state index in [4.69, 9.17) is 25.3 Å². The number of aliphatic imine (C=N–C) groups is 1. The normalized spacial score (nSPS) is 16.6. The predicted octanol–water partition coefficient (Wildman–Crippen LogP) is 3.72. The van der Waals surface area contributed by atoms with Gasteiger partial charge in [-0.1, -0.05) is 59.9 Å². The van der Waals surface area contributed by atoms with E-state index in [1.165, 1.54) is 11.3 Å². The first-order valence-corrected chi connectivity index (χ1v) is 13.8. The number of ether oxygens (including phenoxy) is 2. The number of benzodiazepines with no additional fused rings is 1. The van der Waals surface area contributed by atoms with Crippen molar-refractivity contribution in [2.45, 2.75) is 6.17 Å². The number of pyridine rings is 1. The molecule has 206 valence electrons. The van der Waals surface area contributed by atoms with E-state index in [-0.39, 0.29) is 5.90 Å². The van der Waals surface area contributed by atoms with E-state index < -0.39 is 18.1 Å². The number of fused-ring (bicyclic) bond motifs is 1. The summed E-state index contributed by atoms with van der Waals surface area (Å²) in [5, 5.41) is 24.3. The number of amidine groups is 1. The zero-order valence-electron chi connectivity index (χ0n) is 21.8. The minimum atomic E-state index is -1.17. The number of hydrogen-bond acceptors (Lipinski definition) is 10. The molecule has 12 heteroatoms. The van der Waals surface area contributed by atoms with Gasteiger partial charge in [-0.15, -0.1) is 0 Å². The van der Waals surface area contributed by atoms with Gasteiger partial charge >= 0.3 is 0 Å². The summed E-state index contributed by atoms with van der Waals surface area (Å²) in [6.07, 6.45) is 2.21. The van der Waals surface area contributed by atoms with Crippen molar-refractivity contribution in [3.05, 3.63) is 95.9 Å². The number of morpholine rings is 1. The van der Waals surface area contributed by atoms with Gasteiger partial charge in [-0.05, 0) is 18.2 Å². The molecule has 0 spiro atoms. The zero-order chi connectivity index (χ0) is 28.2. The zero-order valence-corrected chi connectivity index (χ0v) is 22.6. The molecule has 2 aliphatic heterocycles. The predicted molar refractivity (Wildman–Crippen MR) is 158 cm³/mol. The first-order chi connectivity index (χ1) is 20.1. The van der Waals surface area contributed by atoms with Crippen LogP contribution in [0, 0.1) is 10.8 Å². The van der Waals surface area contributed by atoms with Crippen LogP contribution in [0.4, 0.5) is 10.7 Å². The van der Waals surface area contributed by atoms with Gasteiger partial charge in [-0.3, -0.25) is 20.6 Å². The number of carbonyl (C=O) groups is 1. The van der Waals surface area contributed by atoms with Gasteiger partial charge in [0.25, 0.3) is 11.9 Å². The van der Waals surface area contributed by atoms with E-state index >= 15 is 0 Å². The summed E-state index contributed by atoms with van der Waals surface area (Å²) in [6.45, 7) is 2.42. The molecule has 0 aliphatic carbocycles. The molecule has 0 bridgehead atoms. The van der Waals surface area contributed by atoms with Crippen molar-refractivity contribution in [2.24, 2.45) is 4.99 Å². The van der Waals surface area contributed by atoms with Crippen LogP contribution in [0.3, 0.4) is 0 Å². The Morgan fingerprint density at radius 2 is 1.73 bits per heavy atom. The number of para-hydroxylation sites is 1. The smallest absolute Gasteiger partial charge is 0.290 e. The molecule has 2 aromatic heterocycles. The lowest BCUT2D eigenvalue weighted by atomic mass is 10.0. The largest absolute Gasteiger partial charge is 0.405 e. The number of anilines is 2. The second kappa shape index (κ2) is 11.7. The van der Waals surface area contributed by atoms with Gasteiger partial charge in [-0.2, -0.15) is 0 Å². The van der Waals surface area contributed by atoms with Crippen LogP contribution in [0.5, 0.6) is 0 Å². The molecule has 1 saturated heterocycles. The van der Waals surface area contributed by atoms with Crippen molar-refractivity contribution in [3.63, 3.8) is 0 Å². The third kappa shape index (κ3) is 5.69. The lowest BCUT2D eigenvalue weighted by Gasteiger charge is -2.27. The molecule has 0 saturated carbocycles. The number of rotatable bonds is 5. The van der Waals surface area contributed by atoms with E-state index in [1.54, 1.807) is 18.5 Å². The van der Waals surface area contributed by atoms with Gasteiger partial charge in [-0.25, -0.2) is 9.98 Å². The molecule has 6 rings (SSSR count). The number of hydrogen-bond donors (Lipinski definition) is 4. The molecule has 1 fully saturated rings. The number of amides is 1. The van der Waals surface area contributed by atoms with Crippen LogP contribution in [0.15, 0.2) is 84.1 Å². The SMILES string of the molecule is N=C(N[C@H]1N=C(c2ccccc2)c2ccccc2NC1=O)OC(=N)c1nc(-c2ccncc2)sc1N1CCOCC1. The average Bonchev–Trinajstić information content (AvgIpc) is 3.41. The molecule has 0 unspecified atom stereocenters. The van der Waals surface area contributed by atoms with Crippen molar-refractivity contribution in [3.8, 4) is 10.6 Å². The van der Waals surface area contributed by atoms with Crippen LogP contribution in [0.1, 0.15) is 16.8 Å².